The van der Waals surface area contributed by atoms with Crippen LogP contribution in [0.4, 0.5) is 11.4 Å². The first-order valence-corrected chi connectivity index (χ1v) is 11.3. The zero-order chi connectivity index (χ0) is 25.7. The zero-order valence-corrected chi connectivity index (χ0v) is 20.7. The molecule has 10 nitrogen and oxygen atoms in total. The number of esters is 1. The minimum Gasteiger partial charge on any atom is -0.507 e. The van der Waals surface area contributed by atoms with Gasteiger partial charge in [-0.1, -0.05) is 0 Å². The van der Waals surface area contributed by atoms with E-state index in [0.29, 0.717) is 37.6 Å². The van der Waals surface area contributed by atoms with Gasteiger partial charge in [0.05, 0.1) is 22.3 Å². The summed E-state index contributed by atoms with van der Waals surface area (Å²) in [5, 5.41) is 17.0. The van der Waals surface area contributed by atoms with Crippen LogP contribution in [0.1, 0.15) is 38.8 Å². The Hall–Kier alpha value is -3.63. The van der Waals surface area contributed by atoms with E-state index in [1.165, 1.54) is 13.0 Å². The van der Waals surface area contributed by atoms with Gasteiger partial charge >= 0.3 is 5.97 Å². The number of ether oxygens (including phenoxy) is 2. The van der Waals surface area contributed by atoms with Crippen LogP contribution >= 0.6 is 0 Å². The van der Waals surface area contributed by atoms with Gasteiger partial charge in [-0.15, -0.1) is 0 Å². The summed E-state index contributed by atoms with van der Waals surface area (Å²) in [5.74, 6) is -1.65. The van der Waals surface area contributed by atoms with E-state index < -0.39 is 24.3 Å². The van der Waals surface area contributed by atoms with E-state index in [2.05, 4.69) is 10.6 Å². The molecule has 0 amide bonds. The van der Waals surface area contributed by atoms with Crippen LogP contribution in [0.2, 0.25) is 0 Å². The lowest BCUT2D eigenvalue weighted by molar-refractivity contribution is -0.147. The fourth-order valence-electron chi connectivity index (χ4n) is 3.77. The summed E-state index contributed by atoms with van der Waals surface area (Å²) in [4.78, 5) is 42.7. The van der Waals surface area contributed by atoms with Gasteiger partial charge in [-0.05, 0) is 52.5 Å². The first-order chi connectivity index (χ1) is 16.6. The Balaban J connectivity index is 2.09. The third-order valence-corrected chi connectivity index (χ3v) is 5.48. The van der Waals surface area contributed by atoms with Crippen molar-refractivity contribution in [1.29, 1.82) is 0 Å². The Bertz CT molecular complexity index is 1130. The number of carbonyl (C=O) groups is 3. The predicted molar refractivity (Wildman–Crippen MR) is 133 cm³/mol. The van der Waals surface area contributed by atoms with Gasteiger partial charge in [0, 0.05) is 44.5 Å². The summed E-state index contributed by atoms with van der Waals surface area (Å²) in [5.41, 5.74) is 1.11. The summed E-state index contributed by atoms with van der Waals surface area (Å²) in [6.45, 7) is 3.29. The third-order valence-electron chi connectivity index (χ3n) is 5.48. The highest BCUT2D eigenvalue weighted by atomic mass is 16.7. The number of nitrogens with zero attached hydrogens (tertiary/aromatic N) is 2. The molecule has 0 bridgehead atoms. The molecule has 0 spiro atoms. The SMILES string of the molecule is CC(=O)OCOc1ccc(NCCN(C)C)c2c1C(=O)c1c(NCCN(C)C)ccc(O)c1C2=O. The normalized spacial score (nSPS) is 12.4. The largest absolute Gasteiger partial charge is 0.507 e. The molecular formula is C25H32N4O6. The molecule has 1 aliphatic carbocycles. The van der Waals surface area contributed by atoms with E-state index >= 15 is 0 Å². The molecule has 0 radical (unpaired) electrons. The van der Waals surface area contributed by atoms with Gasteiger partial charge in [-0.2, -0.15) is 0 Å². The smallest absolute Gasteiger partial charge is 0.305 e. The summed E-state index contributed by atoms with van der Waals surface area (Å²) >= 11 is 0. The molecule has 10 heteroatoms. The minimum atomic E-state index is -0.536. The van der Waals surface area contributed by atoms with Crippen molar-refractivity contribution >= 4 is 28.9 Å². The molecule has 0 aromatic heterocycles. The number of fused-ring (bicyclic) bond motifs is 2. The van der Waals surface area contributed by atoms with Gasteiger partial charge in [-0.3, -0.25) is 14.4 Å². The molecule has 0 aliphatic heterocycles. The third kappa shape index (κ3) is 5.90. The van der Waals surface area contributed by atoms with Crippen molar-refractivity contribution in [3.8, 4) is 11.5 Å². The van der Waals surface area contributed by atoms with Gasteiger partial charge in [0.1, 0.15) is 11.5 Å². The van der Waals surface area contributed by atoms with Crippen molar-refractivity contribution in [1.82, 2.24) is 9.80 Å². The van der Waals surface area contributed by atoms with Gasteiger partial charge in [0.2, 0.25) is 18.4 Å². The molecule has 2 aromatic rings. The van der Waals surface area contributed by atoms with Gasteiger partial charge in [0.15, 0.2) is 0 Å². The molecule has 0 atom stereocenters. The van der Waals surface area contributed by atoms with E-state index in [0.717, 1.165) is 0 Å². The molecule has 0 saturated heterocycles. The summed E-state index contributed by atoms with van der Waals surface area (Å²) in [6.07, 6.45) is 0. The highest BCUT2D eigenvalue weighted by Gasteiger charge is 2.38. The number of hydrogen-bond donors (Lipinski definition) is 3. The number of phenolic OH excluding ortho intramolecular Hbond substituents is 1. The summed E-state index contributed by atoms with van der Waals surface area (Å²) in [6, 6.07) is 6.20. The summed E-state index contributed by atoms with van der Waals surface area (Å²) in [7, 11) is 7.71. The highest BCUT2D eigenvalue weighted by molar-refractivity contribution is 6.33. The second kappa shape index (κ2) is 11.2. The standard InChI is InChI=1S/C25H32N4O6/c1-15(30)34-14-35-19-9-7-17(27-11-13-29(4)5)21-23(19)25(33)20-16(26-10-12-28(2)3)6-8-18(31)22(20)24(21)32/h6-9,26-27,31H,10-14H2,1-5H3. The first kappa shape index (κ1) is 26.0. The van der Waals surface area contributed by atoms with Crippen molar-refractivity contribution in [2.24, 2.45) is 0 Å². The maximum absolute atomic E-state index is 13.8. The molecule has 0 heterocycles. The predicted octanol–water partition coefficient (Wildman–Crippen LogP) is 2.01. The number of phenols is 1. The quantitative estimate of drug-likeness (QED) is 0.212. The lowest BCUT2D eigenvalue weighted by Crippen LogP contribution is -2.28. The number of anilines is 2. The molecule has 0 fully saturated rings. The van der Waals surface area contributed by atoms with Gasteiger partial charge in [-0.25, -0.2) is 0 Å². The van der Waals surface area contributed by atoms with E-state index in [1.54, 1.807) is 18.2 Å². The van der Waals surface area contributed by atoms with Crippen molar-refractivity contribution < 1.29 is 29.0 Å². The highest BCUT2D eigenvalue weighted by Crippen LogP contribution is 2.42. The Labute approximate surface area is 204 Å². The van der Waals surface area contributed by atoms with Crippen LogP contribution in [-0.2, 0) is 9.53 Å². The molecule has 3 N–H and O–H groups in total. The Morgan fingerprint density at radius 1 is 0.829 bits per heavy atom. The fourth-order valence-corrected chi connectivity index (χ4v) is 3.77. The number of rotatable bonds is 11. The fraction of sp³-hybridized carbons (Fsp3) is 0.400. The van der Waals surface area contributed by atoms with E-state index in [4.69, 9.17) is 9.47 Å². The second-order valence-corrected chi connectivity index (χ2v) is 8.76. The Morgan fingerprint density at radius 3 is 1.89 bits per heavy atom. The molecule has 188 valence electrons. The number of hydrogen-bond acceptors (Lipinski definition) is 10. The second-order valence-electron chi connectivity index (χ2n) is 8.76. The minimum absolute atomic E-state index is 0.0508. The van der Waals surface area contributed by atoms with Crippen molar-refractivity contribution in [2.45, 2.75) is 6.92 Å². The maximum Gasteiger partial charge on any atom is 0.305 e. The van der Waals surface area contributed by atoms with E-state index in [9.17, 15) is 19.5 Å². The van der Waals surface area contributed by atoms with Crippen LogP contribution in [0.25, 0.3) is 0 Å². The van der Waals surface area contributed by atoms with Crippen molar-refractivity contribution in [3.05, 3.63) is 46.5 Å². The van der Waals surface area contributed by atoms with Crippen LogP contribution < -0.4 is 15.4 Å². The number of likely N-dealkylation sites (N-methyl/N-ethyl adjacent to an activating group) is 2. The summed E-state index contributed by atoms with van der Waals surface area (Å²) < 4.78 is 10.5. The molecule has 0 unspecified atom stereocenters. The van der Waals surface area contributed by atoms with Crippen molar-refractivity contribution in [2.75, 3.05) is 71.8 Å². The molecular weight excluding hydrogens is 452 g/mol. The molecule has 3 rings (SSSR count). The average Bonchev–Trinajstić information content (AvgIpc) is 2.78. The van der Waals surface area contributed by atoms with Crippen LogP contribution in [0.5, 0.6) is 11.5 Å². The van der Waals surface area contributed by atoms with E-state index in [-0.39, 0.29) is 33.8 Å². The first-order valence-electron chi connectivity index (χ1n) is 11.3. The molecule has 1 aliphatic rings. The Kier molecular flexibility index (Phi) is 8.31. The average molecular weight is 485 g/mol. The zero-order valence-electron chi connectivity index (χ0n) is 20.7. The van der Waals surface area contributed by atoms with Crippen LogP contribution in [0.15, 0.2) is 24.3 Å². The van der Waals surface area contributed by atoms with Crippen LogP contribution in [-0.4, -0.2) is 93.6 Å². The van der Waals surface area contributed by atoms with Crippen LogP contribution in [0, 0.1) is 0 Å². The monoisotopic (exact) mass is 484 g/mol. The molecule has 2 aromatic carbocycles. The number of nitrogens with one attached hydrogen (secondary N) is 2. The van der Waals surface area contributed by atoms with Gasteiger partial charge < -0.3 is 35.0 Å². The number of aromatic hydroxyl groups is 1. The maximum atomic E-state index is 13.8. The topological polar surface area (TPSA) is 120 Å². The number of benzene rings is 2. The van der Waals surface area contributed by atoms with E-state index in [1.807, 2.05) is 38.0 Å². The van der Waals surface area contributed by atoms with Gasteiger partial charge in [0.25, 0.3) is 0 Å². The Morgan fingerprint density at radius 2 is 1.34 bits per heavy atom. The molecule has 35 heavy (non-hydrogen) atoms. The number of carbonyl (C=O) groups excluding carboxylic acids is 3. The van der Waals surface area contributed by atoms with Crippen molar-refractivity contribution in [3.63, 3.8) is 0 Å². The lowest BCUT2D eigenvalue weighted by Gasteiger charge is -2.26. The van der Waals surface area contributed by atoms with Crippen LogP contribution in [0.3, 0.4) is 0 Å². The lowest BCUT2D eigenvalue weighted by atomic mass is 9.81. The number of ketones is 2. The molecule has 0 saturated carbocycles.